The molecule has 0 saturated heterocycles. The van der Waals surface area contributed by atoms with Gasteiger partial charge in [-0.1, -0.05) is 18.7 Å². The van der Waals surface area contributed by atoms with Gasteiger partial charge in [-0.3, -0.25) is 0 Å². The van der Waals surface area contributed by atoms with Crippen molar-refractivity contribution in [3.63, 3.8) is 0 Å². The molecule has 0 unspecified atom stereocenters. The van der Waals surface area contributed by atoms with E-state index in [1.54, 1.807) is 6.20 Å². The summed E-state index contributed by atoms with van der Waals surface area (Å²) in [5.41, 5.74) is 4.52. The first-order chi connectivity index (χ1) is 7.18. The molecular weight excluding hydrogens is 184 g/mol. The highest BCUT2D eigenvalue weighted by Gasteiger charge is 2.05. The van der Waals surface area contributed by atoms with Gasteiger partial charge in [0.25, 0.3) is 0 Å². The topological polar surface area (TPSA) is 17.8 Å². The van der Waals surface area contributed by atoms with Gasteiger partial charge in [-0.05, 0) is 37.1 Å². The highest BCUT2D eigenvalue weighted by Crippen LogP contribution is 2.21. The lowest BCUT2D eigenvalue weighted by Crippen LogP contribution is -1.99. The van der Waals surface area contributed by atoms with Crippen LogP contribution in [0.15, 0.2) is 43.2 Å². The van der Waals surface area contributed by atoms with Crippen LogP contribution in [0.1, 0.15) is 18.1 Å². The van der Waals surface area contributed by atoms with Gasteiger partial charge < -0.3 is 0 Å². The molecule has 0 amide bonds. The van der Waals surface area contributed by atoms with E-state index in [1.165, 1.54) is 5.56 Å². The Morgan fingerprint density at radius 1 is 1.40 bits per heavy atom. The first kappa shape index (κ1) is 9.71. The van der Waals surface area contributed by atoms with Crippen LogP contribution in [0.25, 0.3) is 11.3 Å². The summed E-state index contributed by atoms with van der Waals surface area (Å²) >= 11 is 0. The molecule has 0 aliphatic rings. The SMILES string of the molecule is C=C(C)c1ccc(C)cc1-n1cccn1. The Hall–Kier alpha value is -1.83. The molecule has 2 rings (SSSR count). The maximum absolute atomic E-state index is 4.25. The number of allylic oxidation sites excluding steroid dienone is 1. The van der Waals surface area contributed by atoms with Gasteiger partial charge in [0.2, 0.25) is 0 Å². The fourth-order valence-corrected chi connectivity index (χ4v) is 1.60. The third-order valence-corrected chi connectivity index (χ3v) is 2.36. The minimum atomic E-state index is 1.06. The summed E-state index contributed by atoms with van der Waals surface area (Å²) in [7, 11) is 0. The van der Waals surface area contributed by atoms with Gasteiger partial charge in [-0.25, -0.2) is 4.68 Å². The van der Waals surface area contributed by atoms with Crippen LogP contribution in [0.4, 0.5) is 0 Å². The standard InChI is InChI=1S/C13H14N2/c1-10(2)12-6-5-11(3)9-13(12)15-8-4-7-14-15/h4-9H,1H2,2-3H3. The summed E-state index contributed by atoms with van der Waals surface area (Å²) in [6.07, 6.45) is 3.73. The van der Waals surface area contributed by atoms with Crippen molar-refractivity contribution >= 4 is 5.57 Å². The van der Waals surface area contributed by atoms with Gasteiger partial charge in [-0.2, -0.15) is 5.10 Å². The third-order valence-electron chi connectivity index (χ3n) is 2.36. The lowest BCUT2D eigenvalue weighted by atomic mass is 10.0. The maximum atomic E-state index is 4.25. The van der Waals surface area contributed by atoms with E-state index in [9.17, 15) is 0 Å². The zero-order chi connectivity index (χ0) is 10.8. The van der Waals surface area contributed by atoms with E-state index in [0.29, 0.717) is 0 Å². The van der Waals surface area contributed by atoms with E-state index in [-0.39, 0.29) is 0 Å². The number of aromatic nitrogens is 2. The number of hydrogen-bond donors (Lipinski definition) is 0. The minimum absolute atomic E-state index is 1.06. The normalized spacial score (nSPS) is 10.3. The van der Waals surface area contributed by atoms with E-state index in [4.69, 9.17) is 0 Å². The maximum Gasteiger partial charge on any atom is 0.0722 e. The predicted molar refractivity (Wildman–Crippen MR) is 63.0 cm³/mol. The summed E-state index contributed by atoms with van der Waals surface area (Å²) in [6, 6.07) is 8.23. The number of aryl methyl sites for hydroxylation is 1. The highest BCUT2D eigenvalue weighted by atomic mass is 15.3. The second kappa shape index (κ2) is 3.73. The quantitative estimate of drug-likeness (QED) is 0.724. The Kier molecular flexibility index (Phi) is 2.42. The van der Waals surface area contributed by atoms with Gasteiger partial charge in [0, 0.05) is 18.0 Å². The van der Waals surface area contributed by atoms with Crippen molar-refractivity contribution in [3.05, 3.63) is 54.4 Å². The fraction of sp³-hybridized carbons (Fsp3) is 0.154. The average Bonchev–Trinajstić information content (AvgIpc) is 2.69. The molecule has 0 N–H and O–H groups in total. The van der Waals surface area contributed by atoms with E-state index >= 15 is 0 Å². The molecule has 1 aromatic heterocycles. The van der Waals surface area contributed by atoms with Crippen molar-refractivity contribution in [1.82, 2.24) is 9.78 Å². The molecule has 0 fully saturated rings. The number of benzene rings is 1. The fourth-order valence-electron chi connectivity index (χ4n) is 1.60. The van der Waals surface area contributed by atoms with Gasteiger partial charge >= 0.3 is 0 Å². The van der Waals surface area contributed by atoms with E-state index < -0.39 is 0 Å². The van der Waals surface area contributed by atoms with Crippen LogP contribution >= 0.6 is 0 Å². The molecule has 0 radical (unpaired) electrons. The Balaban J connectivity index is 2.63. The molecule has 15 heavy (non-hydrogen) atoms. The van der Waals surface area contributed by atoms with Gasteiger partial charge in [0.1, 0.15) is 0 Å². The second-order valence-electron chi connectivity index (χ2n) is 3.75. The van der Waals surface area contributed by atoms with Crippen LogP contribution < -0.4 is 0 Å². The number of nitrogens with zero attached hydrogens (tertiary/aromatic N) is 2. The van der Waals surface area contributed by atoms with Crippen LogP contribution in [0.2, 0.25) is 0 Å². The minimum Gasteiger partial charge on any atom is -0.240 e. The molecule has 2 aromatic rings. The van der Waals surface area contributed by atoms with Crippen molar-refractivity contribution < 1.29 is 0 Å². The largest absolute Gasteiger partial charge is 0.240 e. The number of hydrogen-bond acceptors (Lipinski definition) is 1. The van der Waals surface area contributed by atoms with Crippen LogP contribution in [0, 0.1) is 6.92 Å². The summed E-state index contributed by atoms with van der Waals surface area (Å²) in [5, 5.41) is 4.25. The molecule has 0 spiro atoms. The summed E-state index contributed by atoms with van der Waals surface area (Å²) < 4.78 is 1.87. The molecule has 0 atom stereocenters. The molecular formula is C13H14N2. The van der Waals surface area contributed by atoms with Crippen molar-refractivity contribution in [2.75, 3.05) is 0 Å². The average molecular weight is 198 g/mol. The summed E-state index contributed by atoms with van der Waals surface area (Å²) in [5.74, 6) is 0. The summed E-state index contributed by atoms with van der Waals surface area (Å²) in [6.45, 7) is 8.07. The highest BCUT2D eigenvalue weighted by molar-refractivity contribution is 5.69. The zero-order valence-corrected chi connectivity index (χ0v) is 9.07. The Labute approximate surface area is 89.9 Å². The second-order valence-corrected chi connectivity index (χ2v) is 3.75. The smallest absolute Gasteiger partial charge is 0.0722 e. The summed E-state index contributed by atoms with van der Waals surface area (Å²) in [4.78, 5) is 0. The monoisotopic (exact) mass is 198 g/mol. The number of rotatable bonds is 2. The first-order valence-electron chi connectivity index (χ1n) is 4.95. The van der Waals surface area contributed by atoms with Crippen molar-refractivity contribution in [2.45, 2.75) is 13.8 Å². The molecule has 1 heterocycles. The predicted octanol–water partition coefficient (Wildman–Crippen LogP) is 3.21. The van der Waals surface area contributed by atoms with E-state index in [2.05, 4.69) is 36.8 Å². The Bertz CT molecular complexity index is 481. The molecule has 2 heteroatoms. The van der Waals surface area contributed by atoms with Crippen LogP contribution in [-0.2, 0) is 0 Å². The molecule has 0 aliphatic heterocycles. The van der Waals surface area contributed by atoms with E-state index in [1.807, 2.05) is 23.9 Å². The first-order valence-corrected chi connectivity index (χ1v) is 4.95. The Morgan fingerprint density at radius 3 is 2.80 bits per heavy atom. The lowest BCUT2D eigenvalue weighted by molar-refractivity contribution is 0.876. The molecule has 2 nitrogen and oxygen atoms in total. The van der Waals surface area contributed by atoms with Crippen molar-refractivity contribution in [3.8, 4) is 5.69 Å². The van der Waals surface area contributed by atoms with Crippen LogP contribution in [-0.4, -0.2) is 9.78 Å². The van der Waals surface area contributed by atoms with E-state index in [0.717, 1.165) is 16.8 Å². The van der Waals surface area contributed by atoms with Gasteiger partial charge in [0.05, 0.1) is 5.69 Å². The Morgan fingerprint density at radius 2 is 2.20 bits per heavy atom. The molecule has 1 aromatic carbocycles. The molecule has 0 saturated carbocycles. The zero-order valence-electron chi connectivity index (χ0n) is 9.07. The van der Waals surface area contributed by atoms with Crippen LogP contribution in [0.3, 0.4) is 0 Å². The molecule has 0 aliphatic carbocycles. The van der Waals surface area contributed by atoms with Crippen molar-refractivity contribution in [2.24, 2.45) is 0 Å². The third kappa shape index (κ3) is 1.84. The van der Waals surface area contributed by atoms with Crippen LogP contribution in [0.5, 0.6) is 0 Å². The molecule has 76 valence electrons. The lowest BCUT2D eigenvalue weighted by Gasteiger charge is -2.10. The van der Waals surface area contributed by atoms with Crippen molar-refractivity contribution in [1.29, 1.82) is 0 Å². The van der Waals surface area contributed by atoms with Gasteiger partial charge in [-0.15, -0.1) is 0 Å². The van der Waals surface area contributed by atoms with Gasteiger partial charge in [0.15, 0.2) is 0 Å². The molecule has 0 bridgehead atoms.